The van der Waals surface area contributed by atoms with E-state index in [9.17, 15) is 0 Å². The van der Waals surface area contributed by atoms with E-state index < -0.39 is 0 Å². The molecule has 0 spiro atoms. The zero-order chi connectivity index (χ0) is 7.97. The maximum Gasteiger partial charge on any atom is 0.0531 e. The van der Waals surface area contributed by atoms with Crippen molar-refractivity contribution in [3.8, 4) is 0 Å². The lowest BCUT2D eigenvalue weighted by molar-refractivity contribution is 0.0752. The fraction of sp³-hybridized carbons (Fsp3) is 1.00. The largest absolute Gasteiger partial charge is 0.276 e. The molecule has 0 amide bonds. The molecular formula is C8H16N4. The van der Waals surface area contributed by atoms with Gasteiger partial charge in [-0.25, -0.2) is 0 Å². The average Bonchev–Trinajstić information content (AvgIpc) is 2.44. The van der Waals surface area contributed by atoms with Crippen LogP contribution in [0.3, 0.4) is 0 Å². The molecule has 0 aromatic rings. The highest BCUT2D eigenvalue weighted by Gasteiger charge is 2.30. The molecule has 0 N–H and O–H groups in total. The van der Waals surface area contributed by atoms with E-state index >= 15 is 0 Å². The van der Waals surface area contributed by atoms with Crippen LogP contribution >= 0.6 is 0 Å². The summed E-state index contributed by atoms with van der Waals surface area (Å²) in [5.41, 5.74) is 0. The zero-order valence-electron chi connectivity index (χ0n) is 7.45. The van der Waals surface area contributed by atoms with Crippen molar-refractivity contribution in [1.82, 2.24) is 19.6 Å². The van der Waals surface area contributed by atoms with Gasteiger partial charge in [-0.15, -0.1) is 0 Å². The Bertz CT molecular complexity index is 136. The Hall–Kier alpha value is -0.160. The van der Waals surface area contributed by atoms with Gasteiger partial charge < -0.3 is 0 Å². The summed E-state index contributed by atoms with van der Waals surface area (Å²) in [6, 6.07) is 0. The van der Waals surface area contributed by atoms with Gasteiger partial charge in [-0.05, 0) is 0 Å². The Balaban J connectivity index is 1.91. The molecule has 4 saturated heterocycles. The minimum atomic E-state index is 1.19. The summed E-state index contributed by atoms with van der Waals surface area (Å²) < 4.78 is 0. The van der Waals surface area contributed by atoms with Crippen molar-refractivity contribution < 1.29 is 0 Å². The molecule has 4 heteroatoms. The number of fused-ring (bicyclic) bond motifs is 2. The van der Waals surface area contributed by atoms with Crippen LogP contribution in [0.4, 0.5) is 0 Å². The fourth-order valence-electron chi connectivity index (χ4n) is 2.44. The summed E-state index contributed by atoms with van der Waals surface area (Å²) in [6.45, 7) is 9.78. The first-order chi connectivity index (χ1) is 5.90. The second-order valence-corrected chi connectivity index (χ2v) is 4.14. The van der Waals surface area contributed by atoms with Crippen molar-refractivity contribution >= 4 is 0 Å². The van der Waals surface area contributed by atoms with E-state index in [4.69, 9.17) is 0 Å². The summed E-state index contributed by atoms with van der Waals surface area (Å²) in [6.07, 6.45) is 0. The van der Waals surface area contributed by atoms with Crippen LogP contribution in [-0.4, -0.2) is 72.5 Å². The first kappa shape index (κ1) is 7.26. The molecule has 4 aliphatic rings. The van der Waals surface area contributed by atoms with Crippen LogP contribution in [0.2, 0.25) is 0 Å². The summed E-state index contributed by atoms with van der Waals surface area (Å²) in [5, 5.41) is 0. The predicted octanol–water partition coefficient (Wildman–Crippen LogP) is -0.935. The Morgan fingerprint density at radius 1 is 0.417 bits per heavy atom. The molecule has 12 heavy (non-hydrogen) atoms. The van der Waals surface area contributed by atoms with Gasteiger partial charge >= 0.3 is 0 Å². The Labute approximate surface area is 73.3 Å². The van der Waals surface area contributed by atoms with Gasteiger partial charge in [0.15, 0.2) is 0 Å². The number of hydrogen-bond acceptors (Lipinski definition) is 4. The van der Waals surface area contributed by atoms with Gasteiger partial charge in [-0.2, -0.15) is 0 Å². The van der Waals surface area contributed by atoms with Gasteiger partial charge in [0.25, 0.3) is 0 Å². The maximum atomic E-state index is 2.56. The van der Waals surface area contributed by atoms with Crippen LogP contribution in [0, 0.1) is 0 Å². The lowest BCUT2D eigenvalue weighted by Gasteiger charge is -2.29. The van der Waals surface area contributed by atoms with E-state index in [0.29, 0.717) is 0 Å². The van der Waals surface area contributed by atoms with Crippen LogP contribution in [0.5, 0.6) is 0 Å². The van der Waals surface area contributed by atoms with Crippen LogP contribution in [0.1, 0.15) is 0 Å². The second kappa shape index (κ2) is 2.67. The molecule has 4 rings (SSSR count). The van der Waals surface area contributed by atoms with Crippen molar-refractivity contribution in [1.29, 1.82) is 0 Å². The van der Waals surface area contributed by atoms with Crippen LogP contribution in [-0.2, 0) is 0 Å². The molecule has 0 aromatic carbocycles. The quantitative estimate of drug-likeness (QED) is 0.463. The third kappa shape index (κ3) is 1.15. The van der Waals surface area contributed by atoms with E-state index in [-0.39, 0.29) is 0 Å². The molecule has 4 aliphatic heterocycles. The molecule has 68 valence electrons. The number of rotatable bonds is 0. The van der Waals surface area contributed by atoms with Crippen molar-refractivity contribution in [3.63, 3.8) is 0 Å². The third-order valence-electron chi connectivity index (χ3n) is 3.06. The Morgan fingerprint density at radius 3 is 0.917 bits per heavy atom. The van der Waals surface area contributed by atoms with E-state index in [1.54, 1.807) is 0 Å². The molecule has 4 heterocycles. The zero-order valence-corrected chi connectivity index (χ0v) is 7.45. The topological polar surface area (TPSA) is 13.0 Å². The van der Waals surface area contributed by atoms with Crippen molar-refractivity contribution in [3.05, 3.63) is 0 Å². The lowest BCUT2D eigenvalue weighted by atomic mass is 10.5. The van der Waals surface area contributed by atoms with Crippen LogP contribution in [0.15, 0.2) is 0 Å². The molecule has 4 nitrogen and oxygen atoms in total. The minimum absolute atomic E-state index is 1.19. The van der Waals surface area contributed by atoms with Crippen molar-refractivity contribution in [2.45, 2.75) is 0 Å². The summed E-state index contributed by atoms with van der Waals surface area (Å²) in [5.74, 6) is 0. The molecule has 0 aliphatic carbocycles. The fourth-order valence-corrected chi connectivity index (χ4v) is 2.44. The standard InChI is InChI=1S/C8H16N4/c1-2-10-7-11-3-4-12(8-10)6-9(1)5-11/h1-8H2. The van der Waals surface area contributed by atoms with E-state index in [1.807, 2.05) is 0 Å². The number of nitrogens with zero attached hydrogens (tertiary/aromatic N) is 4. The van der Waals surface area contributed by atoms with Crippen LogP contribution < -0.4 is 0 Å². The lowest BCUT2D eigenvalue weighted by Crippen LogP contribution is -2.43. The summed E-state index contributed by atoms with van der Waals surface area (Å²) >= 11 is 0. The van der Waals surface area contributed by atoms with Gasteiger partial charge in [0, 0.05) is 26.2 Å². The van der Waals surface area contributed by atoms with Crippen molar-refractivity contribution in [2.24, 2.45) is 0 Å². The molecule has 0 unspecified atom stereocenters. The smallest absolute Gasteiger partial charge is 0.0531 e. The first-order valence-electron chi connectivity index (χ1n) is 4.79. The maximum absolute atomic E-state index is 2.56. The van der Waals surface area contributed by atoms with Crippen LogP contribution in [0.25, 0.3) is 0 Å². The Kier molecular flexibility index (Phi) is 1.61. The molecular weight excluding hydrogens is 152 g/mol. The Morgan fingerprint density at radius 2 is 0.667 bits per heavy atom. The predicted molar refractivity (Wildman–Crippen MR) is 46.3 cm³/mol. The highest BCUT2D eigenvalue weighted by molar-refractivity contribution is 4.79. The van der Waals surface area contributed by atoms with Crippen molar-refractivity contribution in [2.75, 3.05) is 52.9 Å². The number of hydrogen-bond donors (Lipinski definition) is 0. The van der Waals surface area contributed by atoms with Gasteiger partial charge in [0.2, 0.25) is 0 Å². The SMILES string of the molecule is C1CN2CN3CCN(CN1C3)C2. The highest BCUT2D eigenvalue weighted by atomic mass is 15.5. The second-order valence-electron chi connectivity index (χ2n) is 4.14. The summed E-state index contributed by atoms with van der Waals surface area (Å²) in [7, 11) is 0. The average molecular weight is 168 g/mol. The van der Waals surface area contributed by atoms with E-state index in [1.165, 1.54) is 52.9 Å². The minimum Gasteiger partial charge on any atom is -0.276 e. The van der Waals surface area contributed by atoms with E-state index in [0.717, 1.165) is 0 Å². The normalized spacial score (nSPS) is 52.0. The van der Waals surface area contributed by atoms with Gasteiger partial charge in [0.1, 0.15) is 0 Å². The van der Waals surface area contributed by atoms with E-state index in [2.05, 4.69) is 19.6 Å². The third-order valence-corrected chi connectivity index (χ3v) is 3.06. The van der Waals surface area contributed by atoms with Gasteiger partial charge in [0.05, 0.1) is 26.7 Å². The molecule has 0 aromatic heterocycles. The molecule has 4 bridgehead atoms. The molecule has 4 fully saturated rings. The molecule has 0 saturated carbocycles. The highest BCUT2D eigenvalue weighted by Crippen LogP contribution is 2.15. The summed E-state index contributed by atoms with van der Waals surface area (Å²) in [4.78, 5) is 10.2. The first-order valence-corrected chi connectivity index (χ1v) is 4.79. The molecule has 0 radical (unpaired) electrons. The van der Waals surface area contributed by atoms with Gasteiger partial charge in [-0.1, -0.05) is 0 Å². The van der Waals surface area contributed by atoms with Gasteiger partial charge in [-0.3, -0.25) is 19.6 Å². The molecule has 0 atom stereocenters. The monoisotopic (exact) mass is 168 g/mol.